The molecule has 2 aromatic carbocycles. The Morgan fingerprint density at radius 3 is 2.15 bits per heavy atom. The van der Waals surface area contributed by atoms with Gasteiger partial charge in [0.05, 0.1) is 26.9 Å². The molecule has 0 saturated heterocycles. The van der Waals surface area contributed by atoms with Crippen LogP contribution in [0.3, 0.4) is 0 Å². The van der Waals surface area contributed by atoms with E-state index in [0.29, 0.717) is 37.0 Å². The largest absolute Gasteiger partial charge is 0.329 e. The van der Waals surface area contributed by atoms with Crippen LogP contribution in [-0.2, 0) is 22.9 Å². The molecule has 176 valence electrons. The molecule has 1 heterocycles. The van der Waals surface area contributed by atoms with Crippen LogP contribution >= 0.6 is 0 Å². The lowest BCUT2D eigenvalue weighted by molar-refractivity contribution is 0.102. The monoisotopic (exact) mass is 473 g/mol. The van der Waals surface area contributed by atoms with Gasteiger partial charge in [-0.25, -0.2) is 17.6 Å². The van der Waals surface area contributed by atoms with Gasteiger partial charge >= 0.3 is 5.69 Å². The van der Waals surface area contributed by atoms with Crippen molar-refractivity contribution in [1.82, 2.24) is 9.13 Å². The maximum atomic E-state index is 13.7. The molecule has 33 heavy (non-hydrogen) atoms. The van der Waals surface area contributed by atoms with E-state index in [1.807, 2.05) is 13.8 Å². The fraction of sp³-hybridized carbons (Fsp3) is 0.417. The predicted molar refractivity (Wildman–Crippen MR) is 126 cm³/mol. The number of aryl methyl sites for hydroxylation is 2. The van der Waals surface area contributed by atoms with Crippen molar-refractivity contribution in [2.24, 2.45) is 0 Å². The van der Waals surface area contributed by atoms with Gasteiger partial charge in [0.1, 0.15) is 5.82 Å². The Hall–Kier alpha value is -2.94. The summed E-state index contributed by atoms with van der Waals surface area (Å²) >= 11 is 0. The summed E-state index contributed by atoms with van der Waals surface area (Å²) in [6.07, 6.45) is 3.84. The predicted octanol–water partition coefficient (Wildman–Crippen LogP) is 4.34. The fourth-order valence-corrected chi connectivity index (χ4v) is 6.64. The van der Waals surface area contributed by atoms with Gasteiger partial charge in [0.15, 0.2) is 9.84 Å². The molecule has 4 rings (SSSR count). The number of aromatic nitrogens is 2. The van der Waals surface area contributed by atoms with Gasteiger partial charge in [0.25, 0.3) is 5.91 Å². The number of sulfone groups is 1. The topological polar surface area (TPSA) is 90.2 Å². The Bertz CT molecular complexity index is 1350. The standard InChI is InChI=1S/C24H28FN3O4S/c1-3-27-20-14-19(26-23(29)16-10-12-17(25)13-11-16)22(15-21(20)28(4-2)24(27)30)33(31,32)18-8-6-5-7-9-18/h10-15,18H,3-9H2,1-2H3,(H,26,29). The van der Waals surface area contributed by atoms with Crippen molar-refractivity contribution in [2.45, 2.75) is 69.2 Å². The van der Waals surface area contributed by atoms with Gasteiger partial charge in [-0.3, -0.25) is 13.9 Å². The van der Waals surface area contributed by atoms with E-state index < -0.39 is 26.8 Å². The number of nitrogens with zero attached hydrogens (tertiary/aromatic N) is 2. The molecule has 0 aliphatic heterocycles. The number of halogens is 1. The molecule has 9 heteroatoms. The number of hydrogen-bond donors (Lipinski definition) is 1. The van der Waals surface area contributed by atoms with Crippen LogP contribution < -0.4 is 11.0 Å². The molecule has 1 aromatic heterocycles. The molecule has 0 atom stereocenters. The molecule has 7 nitrogen and oxygen atoms in total. The van der Waals surface area contributed by atoms with Crippen molar-refractivity contribution in [2.75, 3.05) is 5.32 Å². The van der Waals surface area contributed by atoms with Crippen molar-refractivity contribution in [3.63, 3.8) is 0 Å². The number of benzene rings is 2. The first-order valence-corrected chi connectivity index (χ1v) is 12.9. The normalized spacial score (nSPS) is 15.1. The first kappa shape index (κ1) is 23.2. The van der Waals surface area contributed by atoms with Crippen LogP contribution in [0.4, 0.5) is 10.1 Å². The lowest BCUT2D eigenvalue weighted by Gasteiger charge is -2.23. The summed E-state index contributed by atoms with van der Waals surface area (Å²) in [5, 5.41) is 2.19. The first-order chi connectivity index (χ1) is 15.8. The Balaban J connectivity index is 1.90. The van der Waals surface area contributed by atoms with Gasteiger partial charge in [0.2, 0.25) is 0 Å². The van der Waals surface area contributed by atoms with E-state index in [-0.39, 0.29) is 21.8 Å². The van der Waals surface area contributed by atoms with E-state index in [9.17, 15) is 22.4 Å². The maximum Gasteiger partial charge on any atom is 0.329 e. The third kappa shape index (κ3) is 4.21. The molecule has 1 fully saturated rings. The summed E-state index contributed by atoms with van der Waals surface area (Å²) in [6.45, 7) is 4.47. The van der Waals surface area contributed by atoms with Gasteiger partial charge in [-0.1, -0.05) is 19.3 Å². The lowest BCUT2D eigenvalue weighted by Crippen LogP contribution is -2.25. The third-order valence-corrected chi connectivity index (χ3v) is 8.70. The zero-order valence-corrected chi connectivity index (χ0v) is 19.6. The highest BCUT2D eigenvalue weighted by Crippen LogP contribution is 2.35. The average molecular weight is 474 g/mol. The first-order valence-electron chi connectivity index (χ1n) is 11.4. The number of amides is 1. The molecule has 0 bridgehead atoms. The molecule has 3 aromatic rings. The highest BCUT2D eigenvalue weighted by molar-refractivity contribution is 7.92. The van der Waals surface area contributed by atoms with Crippen LogP contribution in [0.1, 0.15) is 56.3 Å². The summed E-state index contributed by atoms with van der Waals surface area (Å²) < 4.78 is 43.8. The summed E-state index contributed by atoms with van der Waals surface area (Å²) in [7, 11) is -3.75. The maximum absolute atomic E-state index is 13.7. The second kappa shape index (κ2) is 9.13. The van der Waals surface area contributed by atoms with E-state index >= 15 is 0 Å². The smallest absolute Gasteiger partial charge is 0.321 e. The minimum absolute atomic E-state index is 0.0211. The number of carbonyl (C=O) groups is 1. The molecule has 1 aliphatic carbocycles. The zero-order valence-electron chi connectivity index (χ0n) is 18.8. The van der Waals surface area contributed by atoms with E-state index in [0.717, 1.165) is 19.3 Å². The van der Waals surface area contributed by atoms with Crippen LogP contribution in [0.2, 0.25) is 0 Å². The molecule has 0 unspecified atom stereocenters. The number of carbonyl (C=O) groups excluding carboxylic acids is 1. The second-order valence-electron chi connectivity index (χ2n) is 8.37. The number of imidazole rings is 1. The van der Waals surface area contributed by atoms with Gasteiger partial charge in [-0.05, 0) is 63.1 Å². The molecular formula is C24H28FN3O4S. The SMILES string of the molecule is CCn1c(=O)n(CC)c2cc(S(=O)(=O)C3CCCCC3)c(NC(=O)c3ccc(F)cc3)cc21. The average Bonchev–Trinajstić information content (AvgIpc) is 3.08. The summed E-state index contributed by atoms with van der Waals surface area (Å²) in [6, 6.07) is 8.13. The van der Waals surface area contributed by atoms with Crippen molar-refractivity contribution in [3.8, 4) is 0 Å². The number of nitrogens with one attached hydrogen (secondary N) is 1. The van der Waals surface area contributed by atoms with Crippen LogP contribution in [0.5, 0.6) is 0 Å². The van der Waals surface area contributed by atoms with Crippen LogP contribution in [0.25, 0.3) is 11.0 Å². The van der Waals surface area contributed by atoms with E-state index in [4.69, 9.17) is 0 Å². The van der Waals surface area contributed by atoms with Crippen molar-refractivity contribution >= 4 is 32.5 Å². The number of rotatable bonds is 6. The van der Waals surface area contributed by atoms with Gasteiger partial charge in [0, 0.05) is 18.7 Å². The fourth-order valence-electron chi connectivity index (χ4n) is 4.64. The summed E-state index contributed by atoms with van der Waals surface area (Å²) in [5.41, 5.74) is 1.20. The molecule has 1 amide bonds. The third-order valence-electron chi connectivity index (χ3n) is 6.40. The van der Waals surface area contributed by atoms with Crippen molar-refractivity contribution < 1.29 is 17.6 Å². The Kier molecular flexibility index (Phi) is 6.43. The molecule has 1 aliphatic rings. The molecular weight excluding hydrogens is 445 g/mol. The lowest BCUT2D eigenvalue weighted by atomic mass is 10.0. The van der Waals surface area contributed by atoms with Crippen LogP contribution in [0.15, 0.2) is 46.1 Å². The Morgan fingerprint density at radius 1 is 1.00 bits per heavy atom. The van der Waals surface area contributed by atoms with Gasteiger partial charge < -0.3 is 5.32 Å². The van der Waals surface area contributed by atoms with Crippen LogP contribution in [0, 0.1) is 5.82 Å². The van der Waals surface area contributed by atoms with Gasteiger partial charge in [-0.2, -0.15) is 0 Å². The summed E-state index contributed by atoms with van der Waals surface area (Å²) in [5.74, 6) is -1.02. The van der Waals surface area contributed by atoms with Crippen molar-refractivity contribution in [1.29, 1.82) is 0 Å². The zero-order chi connectivity index (χ0) is 23.8. The Labute approximate surface area is 192 Å². The molecule has 1 N–H and O–H groups in total. The highest BCUT2D eigenvalue weighted by Gasteiger charge is 2.32. The van der Waals surface area contributed by atoms with Crippen molar-refractivity contribution in [3.05, 3.63) is 58.3 Å². The number of hydrogen-bond acceptors (Lipinski definition) is 4. The van der Waals surface area contributed by atoms with Crippen LogP contribution in [-0.4, -0.2) is 28.7 Å². The number of anilines is 1. The minimum Gasteiger partial charge on any atom is -0.321 e. The Morgan fingerprint density at radius 2 is 1.58 bits per heavy atom. The number of fused-ring (bicyclic) bond motifs is 1. The van der Waals surface area contributed by atoms with E-state index in [2.05, 4.69) is 5.32 Å². The molecule has 0 spiro atoms. The second-order valence-corrected chi connectivity index (χ2v) is 10.6. The van der Waals surface area contributed by atoms with E-state index in [1.165, 1.54) is 30.3 Å². The van der Waals surface area contributed by atoms with E-state index in [1.54, 1.807) is 15.2 Å². The summed E-state index contributed by atoms with van der Waals surface area (Å²) in [4.78, 5) is 25.8. The highest BCUT2D eigenvalue weighted by atomic mass is 32.2. The minimum atomic E-state index is -3.75. The molecule has 1 saturated carbocycles. The molecule has 0 radical (unpaired) electrons. The quantitative estimate of drug-likeness (QED) is 0.577. The van der Waals surface area contributed by atoms with Gasteiger partial charge in [-0.15, -0.1) is 0 Å².